The van der Waals surface area contributed by atoms with Crippen LogP contribution >= 0.6 is 11.3 Å². The molecule has 0 saturated carbocycles. The minimum Gasteiger partial charge on any atom is -0.386 e. The van der Waals surface area contributed by atoms with Gasteiger partial charge in [-0.3, -0.25) is 0 Å². The third-order valence-electron chi connectivity index (χ3n) is 2.08. The van der Waals surface area contributed by atoms with Crippen LogP contribution in [0.2, 0.25) is 0 Å². The zero-order chi connectivity index (χ0) is 11.7. The number of benzene rings is 1. The summed E-state index contributed by atoms with van der Waals surface area (Å²) >= 11 is 1.22. The molecule has 0 aliphatic heterocycles. The van der Waals surface area contributed by atoms with Crippen molar-refractivity contribution in [2.45, 2.75) is 13.0 Å². The fraction of sp³-hybridized carbons (Fsp3) is 0.182. The molecule has 0 spiro atoms. The monoisotopic (exact) mass is 241 g/mol. The molecule has 1 heterocycles. The third-order valence-corrected chi connectivity index (χ3v) is 3.10. The summed E-state index contributed by atoms with van der Waals surface area (Å²) in [5, 5.41) is 11.4. The van der Waals surface area contributed by atoms with E-state index < -0.39 is 17.7 Å². The lowest BCUT2D eigenvalue weighted by molar-refractivity contribution is 0.199. The minimum atomic E-state index is -0.699. The molecule has 16 heavy (non-hydrogen) atoms. The van der Waals surface area contributed by atoms with Crippen molar-refractivity contribution in [1.29, 1.82) is 0 Å². The Labute approximate surface area is 95.2 Å². The summed E-state index contributed by atoms with van der Waals surface area (Å²) < 4.78 is 26.4. The van der Waals surface area contributed by atoms with Crippen LogP contribution in [-0.4, -0.2) is 10.1 Å². The molecule has 0 aliphatic carbocycles. The fourth-order valence-corrected chi connectivity index (χ4v) is 2.06. The first-order valence-electron chi connectivity index (χ1n) is 4.67. The molecule has 2 nitrogen and oxygen atoms in total. The third kappa shape index (κ3) is 2.10. The summed E-state index contributed by atoms with van der Waals surface area (Å²) in [7, 11) is 0. The standard InChI is InChI=1S/C11H9F2NOS/c1-6(15)11-14-10(5-16-11)8-4-7(12)2-3-9(8)13/h2-6,15H,1H3. The molecule has 1 atom stereocenters. The predicted molar refractivity (Wildman–Crippen MR) is 58.1 cm³/mol. The summed E-state index contributed by atoms with van der Waals surface area (Å²) in [4.78, 5) is 4.04. The van der Waals surface area contributed by atoms with E-state index in [0.717, 1.165) is 18.2 Å². The van der Waals surface area contributed by atoms with Crippen molar-refractivity contribution < 1.29 is 13.9 Å². The van der Waals surface area contributed by atoms with Crippen LogP contribution in [-0.2, 0) is 0 Å². The molecular formula is C11H9F2NOS. The Morgan fingerprint density at radius 3 is 2.75 bits per heavy atom. The van der Waals surface area contributed by atoms with Crippen LogP contribution in [0.5, 0.6) is 0 Å². The highest BCUT2D eigenvalue weighted by atomic mass is 32.1. The summed E-state index contributed by atoms with van der Waals surface area (Å²) in [5.74, 6) is -1.04. The average molecular weight is 241 g/mol. The highest BCUT2D eigenvalue weighted by molar-refractivity contribution is 7.10. The Balaban J connectivity index is 2.46. The second-order valence-corrected chi connectivity index (χ2v) is 4.26. The van der Waals surface area contributed by atoms with E-state index in [-0.39, 0.29) is 5.56 Å². The minimum absolute atomic E-state index is 0.114. The van der Waals surface area contributed by atoms with Gasteiger partial charge in [0.1, 0.15) is 22.7 Å². The normalized spacial score (nSPS) is 12.8. The van der Waals surface area contributed by atoms with Gasteiger partial charge in [-0.2, -0.15) is 0 Å². The Kier molecular flexibility index (Phi) is 2.98. The molecule has 2 rings (SSSR count). The zero-order valence-corrected chi connectivity index (χ0v) is 9.26. The molecule has 2 aromatic rings. The molecule has 0 bridgehead atoms. The van der Waals surface area contributed by atoms with Gasteiger partial charge in [0, 0.05) is 10.9 Å². The van der Waals surface area contributed by atoms with Gasteiger partial charge in [-0.15, -0.1) is 11.3 Å². The Morgan fingerprint density at radius 2 is 2.12 bits per heavy atom. The van der Waals surface area contributed by atoms with Crippen molar-refractivity contribution in [3.8, 4) is 11.3 Å². The van der Waals surface area contributed by atoms with Gasteiger partial charge in [0.15, 0.2) is 0 Å². The number of aromatic nitrogens is 1. The summed E-state index contributed by atoms with van der Waals surface area (Å²) in [6.45, 7) is 1.57. The van der Waals surface area contributed by atoms with Gasteiger partial charge in [-0.05, 0) is 25.1 Å². The number of halogens is 2. The number of aliphatic hydroxyl groups is 1. The van der Waals surface area contributed by atoms with Crippen molar-refractivity contribution in [2.75, 3.05) is 0 Å². The van der Waals surface area contributed by atoms with Gasteiger partial charge in [0.05, 0.1) is 5.69 Å². The average Bonchev–Trinajstić information content (AvgIpc) is 2.70. The molecule has 1 aromatic heterocycles. The van der Waals surface area contributed by atoms with E-state index in [9.17, 15) is 13.9 Å². The van der Waals surface area contributed by atoms with Crippen molar-refractivity contribution in [1.82, 2.24) is 4.98 Å². The topological polar surface area (TPSA) is 33.1 Å². The van der Waals surface area contributed by atoms with Crippen LogP contribution in [0.3, 0.4) is 0 Å². The number of thiazole rings is 1. The number of rotatable bonds is 2. The van der Waals surface area contributed by atoms with Gasteiger partial charge in [-0.25, -0.2) is 13.8 Å². The summed E-state index contributed by atoms with van der Waals surface area (Å²) in [6, 6.07) is 3.21. The first-order valence-corrected chi connectivity index (χ1v) is 5.55. The second kappa shape index (κ2) is 4.27. The molecule has 0 aliphatic rings. The highest BCUT2D eigenvalue weighted by Gasteiger charge is 2.12. The van der Waals surface area contributed by atoms with Gasteiger partial charge in [-0.1, -0.05) is 0 Å². The number of hydrogen-bond acceptors (Lipinski definition) is 3. The molecule has 0 radical (unpaired) electrons. The maximum absolute atomic E-state index is 13.4. The second-order valence-electron chi connectivity index (χ2n) is 3.37. The van der Waals surface area contributed by atoms with Gasteiger partial charge in [0.25, 0.3) is 0 Å². The van der Waals surface area contributed by atoms with Crippen molar-refractivity contribution in [2.24, 2.45) is 0 Å². The number of hydrogen-bond donors (Lipinski definition) is 1. The first kappa shape index (κ1) is 11.2. The molecule has 84 valence electrons. The molecule has 1 unspecified atom stereocenters. The summed E-state index contributed by atoms with van der Waals surface area (Å²) in [6.07, 6.45) is -0.699. The first-order chi connectivity index (χ1) is 7.58. The zero-order valence-electron chi connectivity index (χ0n) is 8.45. The SMILES string of the molecule is CC(O)c1nc(-c2cc(F)ccc2F)cs1. The predicted octanol–water partition coefficient (Wildman–Crippen LogP) is 3.14. The Bertz CT molecular complexity index is 510. The smallest absolute Gasteiger partial charge is 0.132 e. The lowest BCUT2D eigenvalue weighted by atomic mass is 10.1. The molecular weight excluding hydrogens is 232 g/mol. The van der Waals surface area contributed by atoms with Crippen molar-refractivity contribution >= 4 is 11.3 Å². The number of aliphatic hydroxyl groups excluding tert-OH is 1. The molecule has 5 heteroatoms. The Hall–Kier alpha value is -1.33. The quantitative estimate of drug-likeness (QED) is 0.876. The van der Waals surface area contributed by atoms with E-state index in [4.69, 9.17) is 0 Å². The maximum atomic E-state index is 13.4. The maximum Gasteiger partial charge on any atom is 0.132 e. The lowest BCUT2D eigenvalue weighted by Gasteiger charge is -2.00. The molecule has 1 aromatic carbocycles. The van der Waals surface area contributed by atoms with Crippen LogP contribution in [0, 0.1) is 11.6 Å². The molecule has 1 N–H and O–H groups in total. The van der Waals surface area contributed by atoms with Gasteiger partial charge < -0.3 is 5.11 Å². The van der Waals surface area contributed by atoms with E-state index >= 15 is 0 Å². The van der Waals surface area contributed by atoms with Crippen LogP contribution in [0.25, 0.3) is 11.3 Å². The van der Waals surface area contributed by atoms with E-state index in [1.54, 1.807) is 12.3 Å². The van der Waals surface area contributed by atoms with E-state index in [0.29, 0.717) is 10.7 Å². The molecule has 0 fully saturated rings. The largest absolute Gasteiger partial charge is 0.386 e. The van der Waals surface area contributed by atoms with E-state index in [1.807, 2.05) is 0 Å². The highest BCUT2D eigenvalue weighted by Crippen LogP contribution is 2.27. The lowest BCUT2D eigenvalue weighted by Crippen LogP contribution is -1.91. The number of nitrogens with zero attached hydrogens (tertiary/aromatic N) is 1. The van der Waals surface area contributed by atoms with Crippen LogP contribution in [0.1, 0.15) is 18.0 Å². The van der Waals surface area contributed by atoms with Crippen molar-refractivity contribution in [3.05, 3.63) is 40.2 Å². The van der Waals surface area contributed by atoms with Crippen LogP contribution < -0.4 is 0 Å². The van der Waals surface area contributed by atoms with E-state index in [1.165, 1.54) is 11.3 Å². The summed E-state index contributed by atoms with van der Waals surface area (Å²) in [5.41, 5.74) is 0.459. The van der Waals surface area contributed by atoms with Crippen LogP contribution in [0.4, 0.5) is 8.78 Å². The van der Waals surface area contributed by atoms with Gasteiger partial charge in [0.2, 0.25) is 0 Å². The van der Waals surface area contributed by atoms with Crippen molar-refractivity contribution in [3.63, 3.8) is 0 Å². The van der Waals surface area contributed by atoms with Gasteiger partial charge >= 0.3 is 0 Å². The fourth-order valence-electron chi connectivity index (χ4n) is 1.30. The van der Waals surface area contributed by atoms with E-state index in [2.05, 4.69) is 4.98 Å². The Morgan fingerprint density at radius 1 is 1.38 bits per heavy atom. The molecule has 0 amide bonds. The van der Waals surface area contributed by atoms with Crippen LogP contribution in [0.15, 0.2) is 23.6 Å². The molecule has 0 saturated heterocycles.